The molecular weight excluding hydrogens is 162 g/mol. The second kappa shape index (κ2) is 3.25. The maximum atomic E-state index is 9.59. The third kappa shape index (κ3) is 2.23. The van der Waals surface area contributed by atoms with Crippen molar-refractivity contribution in [2.75, 3.05) is 6.54 Å². The van der Waals surface area contributed by atoms with Crippen LogP contribution in [0.4, 0.5) is 0 Å². The minimum atomic E-state index is -0.554. The highest BCUT2D eigenvalue weighted by Crippen LogP contribution is 2.44. The molecule has 2 N–H and O–H groups in total. The van der Waals surface area contributed by atoms with Gasteiger partial charge in [-0.1, -0.05) is 6.42 Å². The molecule has 0 aromatic heterocycles. The Balaban J connectivity index is 1.78. The van der Waals surface area contributed by atoms with Crippen molar-refractivity contribution in [3.8, 4) is 0 Å². The van der Waals surface area contributed by atoms with E-state index in [1.165, 1.54) is 25.7 Å². The molecule has 3 unspecified atom stereocenters. The van der Waals surface area contributed by atoms with Gasteiger partial charge in [-0.2, -0.15) is 0 Å². The van der Waals surface area contributed by atoms with Crippen LogP contribution >= 0.6 is 0 Å². The number of hydrogen-bond donors (Lipinski definition) is 2. The molecule has 76 valence electrons. The molecule has 0 aliphatic heterocycles. The fourth-order valence-electron chi connectivity index (χ4n) is 2.88. The van der Waals surface area contributed by atoms with E-state index in [1.54, 1.807) is 0 Å². The number of nitrogens with one attached hydrogen (secondary N) is 1. The van der Waals surface area contributed by atoms with Crippen molar-refractivity contribution >= 4 is 0 Å². The molecule has 0 radical (unpaired) electrons. The van der Waals surface area contributed by atoms with E-state index in [-0.39, 0.29) is 0 Å². The first-order chi connectivity index (χ1) is 6.04. The van der Waals surface area contributed by atoms with Gasteiger partial charge in [0.25, 0.3) is 0 Å². The maximum Gasteiger partial charge on any atom is 0.0715 e. The van der Waals surface area contributed by atoms with Gasteiger partial charge in [0.1, 0.15) is 0 Å². The molecule has 0 aromatic carbocycles. The first-order valence-electron chi connectivity index (χ1n) is 5.50. The van der Waals surface area contributed by atoms with Gasteiger partial charge in [0.05, 0.1) is 5.60 Å². The zero-order valence-electron chi connectivity index (χ0n) is 8.71. The van der Waals surface area contributed by atoms with Crippen molar-refractivity contribution < 1.29 is 5.11 Å². The van der Waals surface area contributed by atoms with Gasteiger partial charge >= 0.3 is 0 Å². The highest BCUT2D eigenvalue weighted by atomic mass is 16.3. The van der Waals surface area contributed by atoms with Gasteiger partial charge in [-0.05, 0) is 44.9 Å². The zero-order chi connectivity index (χ0) is 9.47. The Hall–Kier alpha value is -0.0800. The Bertz CT molecular complexity index is 185. The topological polar surface area (TPSA) is 32.3 Å². The monoisotopic (exact) mass is 183 g/mol. The molecule has 2 heteroatoms. The Labute approximate surface area is 80.7 Å². The van der Waals surface area contributed by atoms with Crippen molar-refractivity contribution in [1.82, 2.24) is 5.32 Å². The molecule has 0 aromatic rings. The molecule has 13 heavy (non-hydrogen) atoms. The van der Waals surface area contributed by atoms with E-state index in [0.717, 1.165) is 18.4 Å². The molecule has 0 amide bonds. The van der Waals surface area contributed by atoms with E-state index < -0.39 is 5.60 Å². The van der Waals surface area contributed by atoms with Crippen LogP contribution in [0.1, 0.15) is 39.5 Å². The summed E-state index contributed by atoms with van der Waals surface area (Å²) in [6.45, 7) is 4.47. The van der Waals surface area contributed by atoms with Crippen molar-refractivity contribution in [2.45, 2.75) is 51.2 Å². The molecule has 0 spiro atoms. The largest absolute Gasteiger partial charge is 0.389 e. The van der Waals surface area contributed by atoms with E-state index in [0.29, 0.717) is 6.04 Å². The van der Waals surface area contributed by atoms with Gasteiger partial charge in [0.2, 0.25) is 0 Å². The fraction of sp³-hybridized carbons (Fsp3) is 1.00. The van der Waals surface area contributed by atoms with E-state index >= 15 is 0 Å². The summed E-state index contributed by atoms with van der Waals surface area (Å²) in [6.07, 6.45) is 5.64. The van der Waals surface area contributed by atoms with E-state index in [2.05, 4.69) is 5.32 Å². The van der Waals surface area contributed by atoms with Crippen LogP contribution in [0.3, 0.4) is 0 Å². The summed E-state index contributed by atoms with van der Waals surface area (Å²) in [7, 11) is 0. The predicted molar refractivity (Wildman–Crippen MR) is 53.5 cm³/mol. The SMILES string of the molecule is CC(C)(O)CNC1CC2CCC1C2. The number of aliphatic hydroxyl groups is 1. The third-order valence-electron chi connectivity index (χ3n) is 3.53. The number of hydrogen-bond acceptors (Lipinski definition) is 2. The van der Waals surface area contributed by atoms with Gasteiger partial charge in [0, 0.05) is 12.6 Å². The van der Waals surface area contributed by atoms with Crippen molar-refractivity contribution in [1.29, 1.82) is 0 Å². The summed E-state index contributed by atoms with van der Waals surface area (Å²) >= 11 is 0. The van der Waals surface area contributed by atoms with Gasteiger partial charge in [-0.3, -0.25) is 0 Å². The van der Waals surface area contributed by atoms with Crippen LogP contribution in [-0.4, -0.2) is 23.3 Å². The molecule has 3 atom stereocenters. The highest BCUT2D eigenvalue weighted by molar-refractivity contribution is 4.94. The average molecular weight is 183 g/mol. The second-order valence-corrected chi connectivity index (χ2v) is 5.47. The lowest BCUT2D eigenvalue weighted by Gasteiger charge is -2.27. The van der Waals surface area contributed by atoms with Crippen LogP contribution in [0.5, 0.6) is 0 Å². The fourth-order valence-corrected chi connectivity index (χ4v) is 2.88. The van der Waals surface area contributed by atoms with Crippen molar-refractivity contribution in [3.05, 3.63) is 0 Å². The molecule has 0 saturated heterocycles. The summed E-state index contributed by atoms with van der Waals surface area (Å²) in [5.41, 5.74) is -0.554. The molecule has 2 aliphatic rings. The molecular formula is C11H21NO. The predicted octanol–water partition coefficient (Wildman–Crippen LogP) is 1.54. The Kier molecular flexibility index (Phi) is 2.37. The smallest absolute Gasteiger partial charge is 0.0715 e. The maximum absolute atomic E-state index is 9.59. The Morgan fingerprint density at radius 3 is 2.54 bits per heavy atom. The molecule has 2 nitrogen and oxygen atoms in total. The molecule has 2 fully saturated rings. The van der Waals surface area contributed by atoms with Gasteiger partial charge < -0.3 is 10.4 Å². The minimum absolute atomic E-state index is 0.554. The minimum Gasteiger partial charge on any atom is -0.389 e. The molecule has 2 rings (SSSR count). The second-order valence-electron chi connectivity index (χ2n) is 5.47. The Morgan fingerprint density at radius 2 is 2.08 bits per heavy atom. The summed E-state index contributed by atoms with van der Waals surface area (Å²) < 4.78 is 0. The zero-order valence-corrected chi connectivity index (χ0v) is 8.71. The van der Waals surface area contributed by atoms with Gasteiger partial charge in [-0.15, -0.1) is 0 Å². The van der Waals surface area contributed by atoms with Crippen LogP contribution in [0.15, 0.2) is 0 Å². The van der Waals surface area contributed by atoms with Crippen molar-refractivity contribution in [2.24, 2.45) is 11.8 Å². The van der Waals surface area contributed by atoms with Crippen molar-refractivity contribution in [3.63, 3.8) is 0 Å². The summed E-state index contributed by atoms with van der Waals surface area (Å²) in [5.74, 6) is 1.90. The third-order valence-corrected chi connectivity index (χ3v) is 3.53. The van der Waals surface area contributed by atoms with Crippen LogP contribution < -0.4 is 5.32 Å². The van der Waals surface area contributed by atoms with Crippen LogP contribution in [0, 0.1) is 11.8 Å². The molecule has 2 saturated carbocycles. The first kappa shape index (κ1) is 9.47. The average Bonchev–Trinajstić information content (AvgIpc) is 2.58. The van der Waals surface area contributed by atoms with E-state index in [9.17, 15) is 5.11 Å². The lowest BCUT2D eigenvalue weighted by molar-refractivity contribution is 0.0736. The first-order valence-corrected chi connectivity index (χ1v) is 5.50. The standard InChI is InChI=1S/C11H21NO/c1-11(2,13)7-12-10-6-8-3-4-9(10)5-8/h8-10,12-13H,3-7H2,1-2H3. The number of rotatable bonds is 3. The van der Waals surface area contributed by atoms with Crippen LogP contribution in [-0.2, 0) is 0 Å². The molecule has 0 heterocycles. The van der Waals surface area contributed by atoms with Gasteiger partial charge in [0.15, 0.2) is 0 Å². The quantitative estimate of drug-likeness (QED) is 0.695. The number of fused-ring (bicyclic) bond motifs is 2. The molecule has 2 bridgehead atoms. The lowest BCUT2D eigenvalue weighted by Crippen LogP contribution is -2.42. The van der Waals surface area contributed by atoms with Crippen LogP contribution in [0.25, 0.3) is 0 Å². The van der Waals surface area contributed by atoms with E-state index in [1.807, 2.05) is 13.8 Å². The van der Waals surface area contributed by atoms with E-state index in [4.69, 9.17) is 0 Å². The lowest BCUT2D eigenvalue weighted by atomic mass is 9.95. The summed E-state index contributed by atoms with van der Waals surface area (Å²) in [6, 6.07) is 0.699. The molecule has 2 aliphatic carbocycles. The Morgan fingerprint density at radius 1 is 1.31 bits per heavy atom. The normalized spacial score (nSPS) is 38.5. The summed E-state index contributed by atoms with van der Waals surface area (Å²) in [5, 5.41) is 13.1. The van der Waals surface area contributed by atoms with Crippen LogP contribution in [0.2, 0.25) is 0 Å². The van der Waals surface area contributed by atoms with Gasteiger partial charge in [-0.25, -0.2) is 0 Å². The highest BCUT2D eigenvalue weighted by Gasteiger charge is 2.39. The summed E-state index contributed by atoms with van der Waals surface area (Å²) in [4.78, 5) is 0.